The first kappa shape index (κ1) is 18.4. The van der Waals surface area contributed by atoms with Gasteiger partial charge >= 0.3 is 0 Å². The van der Waals surface area contributed by atoms with Gasteiger partial charge in [0.25, 0.3) is 5.91 Å². The van der Waals surface area contributed by atoms with E-state index in [2.05, 4.69) is 25.5 Å². The highest BCUT2D eigenvalue weighted by atomic mass is 35.5. The summed E-state index contributed by atoms with van der Waals surface area (Å²) in [6.45, 7) is 3.86. The molecule has 1 fully saturated rings. The minimum absolute atomic E-state index is 0.264. The van der Waals surface area contributed by atoms with Crippen molar-refractivity contribution >= 4 is 29.0 Å². The van der Waals surface area contributed by atoms with Crippen LogP contribution in [0.1, 0.15) is 35.4 Å². The second kappa shape index (κ2) is 7.98. The summed E-state index contributed by atoms with van der Waals surface area (Å²) in [6, 6.07) is 11.1. The summed E-state index contributed by atoms with van der Waals surface area (Å²) in [6.07, 6.45) is 5.35. The smallest absolute Gasteiger partial charge is 0.278 e. The fraction of sp³-hybridized carbons (Fsp3) is 0.300. The Bertz CT molecular complexity index is 979. The lowest BCUT2D eigenvalue weighted by Gasteiger charge is -2.27. The summed E-state index contributed by atoms with van der Waals surface area (Å²) in [5.41, 5.74) is 2.28. The molecule has 1 amide bonds. The van der Waals surface area contributed by atoms with E-state index in [-0.39, 0.29) is 11.6 Å². The Kier molecular flexibility index (Phi) is 5.25. The molecule has 0 spiro atoms. The molecule has 144 valence electrons. The van der Waals surface area contributed by atoms with Gasteiger partial charge < -0.3 is 10.2 Å². The van der Waals surface area contributed by atoms with Gasteiger partial charge in [-0.1, -0.05) is 22.9 Å². The zero-order chi connectivity index (χ0) is 19.5. The third-order valence-electron chi connectivity index (χ3n) is 4.85. The lowest BCUT2D eigenvalue weighted by atomic mass is 10.1. The summed E-state index contributed by atoms with van der Waals surface area (Å²) in [4.78, 5) is 19.4. The van der Waals surface area contributed by atoms with Gasteiger partial charge in [-0.25, -0.2) is 9.67 Å². The lowest BCUT2D eigenvalue weighted by molar-refractivity contribution is 0.102. The molecular formula is C20H21ClN6O. The first-order valence-corrected chi connectivity index (χ1v) is 9.70. The number of nitrogens with zero attached hydrogens (tertiary/aromatic N) is 5. The van der Waals surface area contributed by atoms with Gasteiger partial charge in [0, 0.05) is 18.1 Å². The first-order valence-electron chi connectivity index (χ1n) is 9.32. The van der Waals surface area contributed by atoms with Crippen LogP contribution >= 0.6 is 11.6 Å². The van der Waals surface area contributed by atoms with E-state index in [0.717, 1.165) is 24.6 Å². The SMILES string of the molecule is Cc1c(C(=O)Nc2ccc(N3CCCCC3)nc2)nnn1-c1cccc(Cl)c1. The number of hydrogen-bond acceptors (Lipinski definition) is 5. The van der Waals surface area contributed by atoms with Gasteiger partial charge in [-0.05, 0) is 56.5 Å². The number of piperidine rings is 1. The molecule has 7 nitrogen and oxygen atoms in total. The van der Waals surface area contributed by atoms with E-state index < -0.39 is 0 Å². The summed E-state index contributed by atoms with van der Waals surface area (Å²) < 4.78 is 1.60. The molecule has 3 aromatic rings. The maximum atomic E-state index is 12.6. The molecule has 4 rings (SSSR count). The van der Waals surface area contributed by atoms with Crippen molar-refractivity contribution in [3.63, 3.8) is 0 Å². The van der Waals surface area contributed by atoms with Crippen LogP contribution in [0, 0.1) is 6.92 Å². The van der Waals surface area contributed by atoms with Crippen LogP contribution in [0.15, 0.2) is 42.6 Å². The van der Waals surface area contributed by atoms with Crippen LogP contribution in [-0.4, -0.2) is 39.0 Å². The number of carbonyl (C=O) groups is 1. The van der Waals surface area contributed by atoms with Crippen LogP contribution in [0.5, 0.6) is 0 Å². The summed E-state index contributed by atoms with van der Waals surface area (Å²) in [5.74, 6) is 0.624. The van der Waals surface area contributed by atoms with Crippen molar-refractivity contribution in [2.45, 2.75) is 26.2 Å². The highest BCUT2D eigenvalue weighted by molar-refractivity contribution is 6.30. The molecule has 28 heavy (non-hydrogen) atoms. The molecular weight excluding hydrogens is 376 g/mol. The van der Waals surface area contributed by atoms with Gasteiger partial charge in [0.05, 0.1) is 23.3 Å². The van der Waals surface area contributed by atoms with Crippen molar-refractivity contribution in [3.8, 4) is 5.69 Å². The van der Waals surface area contributed by atoms with E-state index in [0.29, 0.717) is 16.4 Å². The number of halogens is 1. The number of aromatic nitrogens is 4. The zero-order valence-electron chi connectivity index (χ0n) is 15.6. The highest BCUT2D eigenvalue weighted by Crippen LogP contribution is 2.20. The second-order valence-corrected chi connectivity index (χ2v) is 7.26. The molecule has 0 atom stereocenters. The van der Waals surface area contributed by atoms with Crippen molar-refractivity contribution in [3.05, 3.63) is 59.0 Å². The number of pyridine rings is 1. The van der Waals surface area contributed by atoms with Crippen molar-refractivity contribution in [2.75, 3.05) is 23.3 Å². The highest BCUT2D eigenvalue weighted by Gasteiger charge is 2.18. The third-order valence-corrected chi connectivity index (χ3v) is 5.08. The van der Waals surface area contributed by atoms with Crippen molar-refractivity contribution in [1.29, 1.82) is 0 Å². The number of amides is 1. The van der Waals surface area contributed by atoms with E-state index in [9.17, 15) is 4.79 Å². The Morgan fingerprint density at radius 2 is 1.96 bits per heavy atom. The molecule has 0 unspecified atom stereocenters. The van der Waals surface area contributed by atoms with Gasteiger partial charge in [0.2, 0.25) is 0 Å². The van der Waals surface area contributed by atoms with Gasteiger partial charge in [-0.2, -0.15) is 0 Å². The van der Waals surface area contributed by atoms with E-state index in [1.807, 2.05) is 24.3 Å². The fourth-order valence-electron chi connectivity index (χ4n) is 3.35. The third kappa shape index (κ3) is 3.84. The van der Waals surface area contributed by atoms with Crippen LogP contribution in [0.2, 0.25) is 5.02 Å². The molecule has 1 aromatic carbocycles. The van der Waals surface area contributed by atoms with E-state index in [4.69, 9.17) is 11.6 Å². The maximum Gasteiger partial charge on any atom is 0.278 e. The van der Waals surface area contributed by atoms with Crippen LogP contribution < -0.4 is 10.2 Å². The van der Waals surface area contributed by atoms with Crippen molar-refractivity contribution < 1.29 is 4.79 Å². The van der Waals surface area contributed by atoms with Gasteiger partial charge in [0.1, 0.15) is 5.82 Å². The number of rotatable bonds is 4. The molecule has 0 bridgehead atoms. The molecule has 1 N–H and O–H groups in total. The predicted molar refractivity (Wildman–Crippen MR) is 109 cm³/mol. The Morgan fingerprint density at radius 3 is 2.68 bits per heavy atom. The molecule has 3 heterocycles. The monoisotopic (exact) mass is 396 g/mol. The number of nitrogens with one attached hydrogen (secondary N) is 1. The molecule has 0 radical (unpaired) electrons. The number of hydrogen-bond donors (Lipinski definition) is 1. The molecule has 2 aromatic heterocycles. The predicted octanol–water partition coefficient (Wildman–Crippen LogP) is 3.87. The first-order chi connectivity index (χ1) is 13.6. The Labute approximate surface area is 168 Å². The number of carbonyl (C=O) groups excluding carboxylic acids is 1. The van der Waals surface area contributed by atoms with E-state index in [1.54, 1.807) is 29.9 Å². The molecule has 1 aliphatic heterocycles. The maximum absolute atomic E-state index is 12.6. The van der Waals surface area contributed by atoms with Crippen LogP contribution in [-0.2, 0) is 0 Å². The minimum Gasteiger partial charge on any atom is -0.357 e. The zero-order valence-corrected chi connectivity index (χ0v) is 16.4. The fourth-order valence-corrected chi connectivity index (χ4v) is 3.54. The largest absolute Gasteiger partial charge is 0.357 e. The van der Waals surface area contributed by atoms with Crippen molar-refractivity contribution in [1.82, 2.24) is 20.0 Å². The molecule has 8 heteroatoms. The standard InChI is InChI=1S/C20H21ClN6O/c1-14-19(24-25-27(14)17-7-5-6-15(21)12-17)20(28)23-16-8-9-18(22-13-16)26-10-3-2-4-11-26/h5-9,12-13H,2-4,10-11H2,1H3,(H,23,28). The molecule has 0 saturated carbocycles. The van der Waals surface area contributed by atoms with Crippen LogP contribution in [0.25, 0.3) is 5.69 Å². The van der Waals surface area contributed by atoms with E-state index >= 15 is 0 Å². The van der Waals surface area contributed by atoms with E-state index in [1.165, 1.54) is 19.3 Å². The Morgan fingerprint density at radius 1 is 1.14 bits per heavy atom. The van der Waals surface area contributed by atoms with Gasteiger partial charge in [0.15, 0.2) is 5.69 Å². The Balaban J connectivity index is 1.48. The average molecular weight is 397 g/mol. The molecule has 0 aliphatic carbocycles. The summed E-state index contributed by atoms with van der Waals surface area (Å²) >= 11 is 6.04. The van der Waals surface area contributed by atoms with Gasteiger partial charge in [-0.3, -0.25) is 4.79 Å². The number of anilines is 2. The van der Waals surface area contributed by atoms with Crippen LogP contribution in [0.3, 0.4) is 0 Å². The minimum atomic E-state index is -0.321. The lowest BCUT2D eigenvalue weighted by Crippen LogP contribution is -2.30. The summed E-state index contributed by atoms with van der Waals surface area (Å²) in [5, 5.41) is 11.6. The number of benzene rings is 1. The van der Waals surface area contributed by atoms with Crippen LogP contribution in [0.4, 0.5) is 11.5 Å². The summed E-state index contributed by atoms with van der Waals surface area (Å²) in [7, 11) is 0. The Hall–Kier alpha value is -2.93. The van der Waals surface area contributed by atoms with Crippen molar-refractivity contribution in [2.24, 2.45) is 0 Å². The topological polar surface area (TPSA) is 75.9 Å². The molecule has 1 aliphatic rings. The normalized spacial score (nSPS) is 14.1. The van der Waals surface area contributed by atoms with Gasteiger partial charge in [-0.15, -0.1) is 5.10 Å². The second-order valence-electron chi connectivity index (χ2n) is 6.82. The quantitative estimate of drug-likeness (QED) is 0.724. The molecule has 1 saturated heterocycles. The average Bonchev–Trinajstić information content (AvgIpc) is 3.11.